The maximum absolute atomic E-state index is 12.2. The van der Waals surface area contributed by atoms with Crippen LogP contribution in [-0.2, 0) is 4.79 Å². The molecule has 1 saturated heterocycles. The summed E-state index contributed by atoms with van der Waals surface area (Å²) < 4.78 is 0. The molecule has 2 aliphatic rings. The summed E-state index contributed by atoms with van der Waals surface area (Å²) in [6.45, 7) is 8.87. The smallest absolute Gasteiger partial charge is 0.225 e. The molecule has 0 spiro atoms. The van der Waals surface area contributed by atoms with Crippen molar-refractivity contribution in [2.45, 2.75) is 52.9 Å². The Labute approximate surface area is 99.4 Å². The summed E-state index contributed by atoms with van der Waals surface area (Å²) in [5.74, 6) is 1.50. The van der Waals surface area contributed by atoms with Crippen molar-refractivity contribution in [2.24, 2.45) is 17.3 Å². The number of hydrogen-bond acceptors (Lipinski definition) is 1. The maximum atomic E-state index is 12.2. The standard InChI is InChI=1S/C14H25NO/c1-14(2,3)12-8-9-15(10-12)13(16)11-6-4-5-7-11/h11-12H,4-10H2,1-3H3/t12-/m1/s1. The Balaban J connectivity index is 1.90. The third-order valence-corrected chi connectivity index (χ3v) is 4.43. The van der Waals surface area contributed by atoms with Gasteiger partial charge in [-0.2, -0.15) is 0 Å². The van der Waals surface area contributed by atoms with Gasteiger partial charge in [-0.3, -0.25) is 4.79 Å². The summed E-state index contributed by atoms with van der Waals surface area (Å²) in [4.78, 5) is 14.4. The molecule has 2 heteroatoms. The lowest BCUT2D eigenvalue weighted by atomic mass is 9.80. The molecule has 0 N–H and O–H groups in total. The lowest BCUT2D eigenvalue weighted by molar-refractivity contribution is -0.134. The number of carbonyl (C=O) groups is 1. The van der Waals surface area contributed by atoms with E-state index in [1.165, 1.54) is 19.3 Å². The Kier molecular flexibility index (Phi) is 3.27. The van der Waals surface area contributed by atoms with Crippen LogP contribution in [-0.4, -0.2) is 23.9 Å². The van der Waals surface area contributed by atoms with Gasteiger partial charge in [-0.1, -0.05) is 33.6 Å². The number of likely N-dealkylation sites (tertiary alicyclic amines) is 1. The number of nitrogens with zero attached hydrogens (tertiary/aromatic N) is 1. The van der Waals surface area contributed by atoms with Crippen LogP contribution in [0.4, 0.5) is 0 Å². The zero-order valence-corrected chi connectivity index (χ0v) is 11.0. The van der Waals surface area contributed by atoms with Crippen molar-refractivity contribution in [1.29, 1.82) is 0 Å². The topological polar surface area (TPSA) is 20.3 Å². The first-order chi connectivity index (χ1) is 7.48. The molecule has 1 aliphatic heterocycles. The lowest BCUT2D eigenvalue weighted by Gasteiger charge is -2.27. The molecule has 2 nitrogen and oxygen atoms in total. The Bertz CT molecular complexity index is 260. The van der Waals surface area contributed by atoms with Crippen molar-refractivity contribution < 1.29 is 4.79 Å². The third-order valence-electron chi connectivity index (χ3n) is 4.43. The molecule has 1 heterocycles. The fourth-order valence-electron chi connectivity index (χ4n) is 3.10. The number of rotatable bonds is 1. The van der Waals surface area contributed by atoms with E-state index in [1.807, 2.05) is 0 Å². The molecule has 2 rings (SSSR count). The molecule has 0 aromatic heterocycles. The molecule has 1 aliphatic carbocycles. The molecule has 0 bridgehead atoms. The van der Waals surface area contributed by atoms with E-state index in [0.29, 0.717) is 23.2 Å². The van der Waals surface area contributed by atoms with Crippen LogP contribution in [0.25, 0.3) is 0 Å². The first-order valence-corrected chi connectivity index (χ1v) is 6.77. The van der Waals surface area contributed by atoms with E-state index in [9.17, 15) is 4.79 Å². The summed E-state index contributed by atoms with van der Waals surface area (Å²) in [6.07, 6.45) is 5.98. The third kappa shape index (κ3) is 2.41. The van der Waals surface area contributed by atoms with Gasteiger partial charge in [0.1, 0.15) is 0 Å². The van der Waals surface area contributed by atoms with Crippen molar-refractivity contribution in [1.82, 2.24) is 4.90 Å². The van der Waals surface area contributed by atoms with Crippen molar-refractivity contribution in [3.05, 3.63) is 0 Å². The average Bonchev–Trinajstić information content (AvgIpc) is 2.87. The predicted octanol–water partition coefficient (Wildman–Crippen LogP) is 3.07. The molecule has 0 radical (unpaired) electrons. The maximum Gasteiger partial charge on any atom is 0.225 e. The van der Waals surface area contributed by atoms with Crippen LogP contribution in [0.15, 0.2) is 0 Å². The van der Waals surface area contributed by atoms with E-state index in [0.717, 1.165) is 25.9 Å². The van der Waals surface area contributed by atoms with E-state index in [-0.39, 0.29) is 0 Å². The van der Waals surface area contributed by atoms with E-state index in [4.69, 9.17) is 0 Å². The van der Waals surface area contributed by atoms with Crippen molar-refractivity contribution in [2.75, 3.05) is 13.1 Å². The molecular formula is C14H25NO. The zero-order chi connectivity index (χ0) is 11.8. The van der Waals surface area contributed by atoms with Crippen molar-refractivity contribution in [3.8, 4) is 0 Å². The Morgan fingerprint density at radius 3 is 2.25 bits per heavy atom. The van der Waals surface area contributed by atoms with Gasteiger partial charge in [-0.15, -0.1) is 0 Å². The Morgan fingerprint density at radius 2 is 1.75 bits per heavy atom. The van der Waals surface area contributed by atoms with Gasteiger partial charge in [0, 0.05) is 19.0 Å². The van der Waals surface area contributed by atoms with Crippen LogP contribution in [0.3, 0.4) is 0 Å². The monoisotopic (exact) mass is 223 g/mol. The second-order valence-corrected chi connectivity index (χ2v) is 6.62. The molecule has 0 aromatic rings. The second-order valence-electron chi connectivity index (χ2n) is 6.62. The minimum absolute atomic E-state index is 0.352. The summed E-state index contributed by atoms with van der Waals surface area (Å²) >= 11 is 0. The molecular weight excluding hydrogens is 198 g/mol. The highest BCUT2D eigenvalue weighted by Gasteiger charge is 2.36. The molecule has 16 heavy (non-hydrogen) atoms. The number of carbonyl (C=O) groups excluding carboxylic acids is 1. The predicted molar refractivity (Wildman–Crippen MR) is 66.1 cm³/mol. The van der Waals surface area contributed by atoms with Crippen LogP contribution in [0.5, 0.6) is 0 Å². The van der Waals surface area contributed by atoms with E-state index in [1.54, 1.807) is 0 Å². The molecule has 0 unspecified atom stereocenters. The highest BCUT2D eigenvalue weighted by atomic mass is 16.2. The zero-order valence-electron chi connectivity index (χ0n) is 11.0. The van der Waals surface area contributed by atoms with Crippen LogP contribution in [0.2, 0.25) is 0 Å². The van der Waals surface area contributed by atoms with E-state index < -0.39 is 0 Å². The van der Waals surface area contributed by atoms with Gasteiger partial charge in [-0.05, 0) is 30.6 Å². The minimum atomic E-state index is 0.352. The summed E-state index contributed by atoms with van der Waals surface area (Å²) in [6, 6.07) is 0. The molecule has 1 amide bonds. The molecule has 0 aromatic carbocycles. The van der Waals surface area contributed by atoms with Crippen LogP contribution >= 0.6 is 0 Å². The first-order valence-electron chi connectivity index (χ1n) is 6.77. The van der Waals surface area contributed by atoms with Crippen LogP contribution in [0, 0.1) is 17.3 Å². The molecule has 92 valence electrons. The Hall–Kier alpha value is -0.530. The average molecular weight is 223 g/mol. The van der Waals surface area contributed by atoms with Crippen molar-refractivity contribution in [3.63, 3.8) is 0 Å². The van der Waals surface area contributed by atoms with Gasteiger partial charge in [0.15, 0.2) is 0 Å². The highest BCUT2D eigenvalue weighted by molar-refractivity contribution is 5.79. The SMILES string of the molecule is CC(C)(C)[C@@H]1CCN(C(=O)C2CCCC2)C1. The Morgan fingerprint density at radius 1 is 1.12 bits per heavy atom. The molecule has 2 fully saturated rings. The largest absolute Gasteiger partial charge is 0.342 e. The van der Waals surface area contributed by atoms with Crippen LogP contribution in [0.1, 0.15) is 52.9 Å². The van der Waals surface area contributed by atoms with Crippen LogP contribution < -0.4 is 0 Å². The van der Waals surface area contributed by atoms with Gasteiger partial charge in [0.2, 0.25) is 5.91 Å². The summed E-state index contributed by atoms with van der Waals surface area (Å²) in [5, 5.41) is 0. The fraction of sp³-hybridized carbons (Fsp3) is 0.929. The summed E-state index contributed by atoms with van der Waals surface area (Å²) in [5.41, 5.74) is 0.352. The van der Waals surface area contributed by atoms with Gasteiger partial charge in [0.25, 0.3) is 0 Å². The quantitative estimate of drug-likeness (QED) is 0.669. The fourth-order valence-corrected chi connectivity index (χ4v) is 3.10. The minimum Gasteiger partial charge on any atom is -0.342 e. The van der Waals surface area contributed by atoms with E-state index >= 15 is 0 Å². The second kappa shape index (κ2) is 4.38. The lowest BCUT2D eigenvalue weighted by Crippen LogP contribution is -2.34. The number of hydrogen-bond donors (Lipinski definition) is 0. The van der Waals surface area contributed by atoms with Gasteiger partial charge in [-0.25, -0.2) is 0 Å². The normalized spacial score (nSPS) is 27.7. The van der Waals surface area contributed by atoms with Gasteiger partial charge in [0.05, 0.1) is 0 Å². The molecule has 1 atom stereocenters. The van der Waals surface area contributed by atoms with Gasteiger partial charge >= 0.3 is 0 Å². The first kappa shape index (κ1) is 11.9. The van der Waals surface area contributed by atoms with E-state index in [2.05, 4.69) is 25.7 Å². The summed E-state index contributed by atoms with van der Waals surface area (Å²) in [7, 11) is 0. The van der Waals surface area contributed by atoms with Crippen molar-refractivity contribution >= 4 is 5.91 Å². The highest BCUT2D eigenvalue weighted by Crippen LogP contribution is 2.35. The van der Waals surface area contributed by atoms with Gasteiger partial charge < -0.3 is 4.90 Å². The molecule has 1 saturated carbocycles. The number of amides is 1.